The fourth-order valence-corrected chi connectivity index (χ4v) is 5.59. The molecule has 2 N–H and O–H groups in total. The fraction of sp³-hybridized carbons (Fsp3) is 0.538. The first-order valence-corrected chi connectivity index (χ1v) is 18.7. The molecule has 1 aliphatic heterocycles. The zero-order valence-corrected chi connectivity index (χ0v) is 32.7. The Labute approximate surface area is 322 Å². The van der Waals surface area contributed by atoms with E-state index in [0.29, 0.717) is 96.5 Å². The smallest absolute Gasteiger partial charge is 0.407 e. The van der Waals surface area contributed by atoms with Gasteiger partial charge in [-0.15, -0.1) is 0 Å². The molecule has 0 aliphatic carbocycles. The Morgan fingerprint density at radius 1 is 0.815 bits per heavy atom. The third-order valence-corrected chi connectivity index (χ3v) is 8.08. The van der Waals surface area contributed by atoms with Crippen LogP contribution in [0.2, 0.25) is 5.02 Å². The van der Waals surface area contributed by atoms with E-state index in [2.05, 4.69) is 20.2 Å². The van der Waals surface area contributed by atoms with Gasteiger partial charge in [-0.2, -0.15) is 0 Å². The first-order valence-electron chi connectivity index (χ1n) is 18.3. The number of rotatable bonds is 23. The Kier molecular flexibility index (Phi) is 17.7. The molecule has 0 saturated heterocycles. The van der Waals surface area contributed by atoms with E-state index >= 15 is 0 Å². The molecule has 54 heavy (non-hydrogen) atoms. The van der Waals surface area contributed by atoms with Crippen LogP contribution in [0.4, 0.5) is 4.79 Å². The van der Waals surface area contributed by atoms with Gasteiger partial charge in [0.25, 0.3) is 0 Å². The van der Waals surface area contributed by atoms with Crippen molar-refractivity contribution in [3.8, 4) is 11.4 Å². The molecule has 0 fully saturated rings. The highest BCUT2D eigenvalue weighted by atomic mass is 35.5. The summed E-state index contributed by atoms with van der Waals surface area (Å²) in [5, 5.41) is 6.16. The Bertz CT molecular complexity index is 1640. The molecule has 3 aromatic rings. The highest BCUT2D eigenvalue weighted by Gasteiger charge is 2.28. The Morgan fingerprint density at radius 2 is 1.41 bits per heavy atom. The lowest BCUT2D eigenvalue weighted by atomic mass is 10.00. The number of halogens is 1. The third-order valence-electron chi connectivity index (χ3n) is 7.83. The summed E-state index contributed by atoms with van der Waals surface area (Å²) >= 11 is 6.23. The molecule has 15 heteroatoms. The Morgan fingerprint density at radius 3 is 2.00 bits per heavy atom. The summed E-state index contributed by atoms with van der Waals surface area (Å²) in [6, 6.07) is 13.0. The first kappa shape index (κ1) is 42.7. The maximum absolute atomic E-state index is 12.7. The van der Waals surface area contributed by atoms with E-state index in [1.54, 1.807) is 6.20 Å². The summed E-state index contributed by atoms with van der Waals surface area (Å²) in [7, 11) is 0. The number of aromatic nitrogens is 2. The van der Waals surface area contributed by atoms with Gasteiger partial charge in [0.05, 0.1) is 95.8 Å². The number of carbonyl (C=O) groups excluding carboxylic acids is 2. The van der Waals surface area contributed by atoms with Crippen molar-refractivity contribution in [2.75, 3.05) is 85.8 Å². The van der Waals surface area contributed by atoms with Crippen molar-refractivity contribution in [2.24, 2.45) is 4.99 Å². The van der Waals surface area contributed by atoms with Gasteiger partial charge in [-0.1, -0.05) is 23.7 Å². The summed E-state index contributed by atoms with van der Waals surface area (Å²) < 4.78 is 41.1. The molecule has 1 atom stereocenters. The molecule has 2 heterocycles. The zero-order valence-electron chi connectivity index (χ0n) is 32.0. The van der Waals surface area contributed by atoms with Crippen molar-refractivity contribution in [1.82, 2.24) is 20.2 Å². The molecule has 0 bridgehead atoms. The molecule has 2 aromatic carbocycles. The van der Waals surface area contributed by atoms with Gasteiger partial charge in [0, 0.05) is 29.2 Å². The number of fused-ring (bicyclic) bond motifs is 3. The van der Waals surface area contributed by atoms with Crippen molar-refractivity contribution in [2.45, 2.75) is 52.7 Å². The van der Waals surface area contributed by atoms with E-state index in [-0.39, 0.29) is 12.3 Å². The van der Waals surface area contributed by atoms with E-state index in [9.17, 15) is 9.59 Å². The Balaban J connectivity index is 1.13. The highest BCUT2D eigenvalue weighted by Crippen LogP contribution is 2.35. The predicted octanol–water partition coefficient (Wildman–Crippen LogP) is 5.24. The molecular weight excluding hydrogens is 718 g/mol. The minimum Gasteiger partial charge on any atom is -0.491 e. The standard InChI is InChI=1S/C39H54ClN5O9/c1-6-41-36(46)26-33-35-27-43-28(2)45(35)34-12-11-31(25-32(34)37(44-33)29-7-9-30(40)10-8-29)53-24-23-52-22-21-51-20-19-50-18-17-49-16-15-48-14-13-42-38(47)54-39(3,4)5/h7-12,25,27,33H,6,13-24,26H2,1-5H3,(H,41,46)(H,42,47)/t33-/m0/s1. The van der Waals surface area contributed by atoms with Gasteiger partial charge in [0.15, 0.2) is 0 Å². The van der Waals surface area contributed by atoms with Crippen LogP contribution in [0.5, 0.6) is 5.75 Å². The lowest BCUT2D eigenvalue weighted by Crippen LogP contribution is -2.34. The van der Waals surface area contributed by atoms with Gasteiger partial charge in [0.2, 0.25) is 5.91 Å². The number of alkyl carbamates (subject to hydrolysis) is 1. The molecule has 1 aliphatic rings. The first-order chi connectivity index (χ1) is 26.1. The van der Waals surface area contributed by atoms with Crippen LogP contribution in [0, 0.1) is 6.92 Å². The second-order valence-electron chi connectivity index (χ2n) is 13.2. The minimum absolute atomic E-state index is 0.0783. The van der Waals surface area contributed by atoms with Crippen LogP contribution in [-0.2, 0) is 33.2 Å². The van der Waals surface area contributed by atoms with Gasteiger partial charge in [0.1, 0.15) is 29.8 Å². The lowest BCUT2D eigenvalue weighted by molar-refractivity contribution is -0.121. The number of aliphatic imine (C=N–C) groups is 1. The topological polar surface area (TPSA) is 153 Å². The summed E-state index contributed by atoms with van der Waals surface area (Å²) in [4.78, 5) is 34.0. The number of ether oxygens (including phenoxy) is 7. The van der Waals surface area contributed by atoms with Crippen LogP contribution in [0.1, 0.15) is 62.8 Å². The number of benzene rings is 2. The summed E-state index contributed by atoms with van der Waals surface area (Å²) in [5.74, 6) is 1.38. The number of nitrogens with one attached hydrogen (secondary N) is 2. The number of aryl methyl sites for hydroxylation is 1. The van der Waals surface area contributed by atoms with Crippen LogP contribution in [-0.4, -0.2) is 119 Å². The molecule has 14 nitrogen and oxygen atoms in total. The molecule has 296 valence electrons. The fourth-order valence-electron chi connectivity index (χ4n) is 5.46. The molecule has 2 amide bonds. The molecule has 0 radical (unpaired) electrons. The Hall–Kier alpha value is -4.05. The van der Waals surface area contributed by atoms with Gasteiger partial charge in [-0.05, 0) is 65.0 Å². The number of imidazole rings is 1. The van der Waals surface area contributed by atoms with E-state index in [1.165, 1.54) is 0 Å². The van der Waals surface area contributed by atoms with Crippen LogP contribution in [0.3, 0.4) is 0 Å². The number of amides is 2. The van der Waals surface area contributed by atoms with Crippen molar-refractivity contribution in [3.63, 3.8) is 0 Å². The van der Waals surface area contributed by atoms with Crippen LogP contribution in [0.25, 0.3) is 5.69 Å². The minimum atomic E-state index is -0.525. The van der Waals surface area contributed by atoms with E-state index in [0.717, 1.165) is 34.0 Å². The van der Waals surface area contributed by atoms with E-state index in [4.69, 9.17) is 49.8 Å². The summed E-state index contributed by atoms with van der Waals surface area (Å²) in [5.41, 5.74) is 3.69. The predicted molar refractivity (Wildman–Crippen MR) is 205 cm³/mol. The molecule has 0 saturated carbocycles. The molecule has 4 rings (SSSR count). The van der Waals surface area contributed by atoms with E-state index < -0.39 is 17.7 Å². The molecule has 0 unspecified atom stereocenters. The van der Waals surface area contributed by atoms with Gasteiger partial charge in [-0.25, -0.2) is 9.78 Å². The summed E-state index contributed by atoms with van der Waals surface area (Å²) in [6.07, 6.45) is 1.52. The molecule has 0 spiro atoms. The number of nitrogens with zero attached hydrogens (tertiary/aromatic N) is 3. The normalized spacial score (nSPS) is 13.7. The number of hydrogen-bond acceptors (Lipinski definition) is 11. The average Bonchev–Trinajstić information content (AvgIpc) is 3.45. The largest absolute Gasteiger partial charge is 0.491 e. The van der Waals surface area contributed by atoms with E-state index in [1.807, 2.05) is 77.1 Å². The maximum Gasteiger partial charge on any atom is 0.407 e. The van der Waals surface area contributed by atoms with Crippen LogP contribution >= 0.6 is 11.6 Å². The maximum atomic E-state index is 12.7. The highest BCUT2D eigenvalue weighted by molar-refractivity contribution is 6.30. The SMILES string of the molecule is CCNC(=O)C[C@@H]1N=C(c2ccc(Cl)cc2)c2cc(OCCOCCOCCOCCOCCOCCNC(=O)OC(C)(C)C)ccc2-n2c1cnc2C. The molecular formula is C39H54ClN5O9. The second-order valence-corrected chi connectivity index (χ2v) is 13.7. The van der Waals surface area contributed by atoms with Crippen molar-refractivity contribution in [1.29, 1.82) is 0 Å². The van der Waals surface area contributed by atoms with Gasteiger partial charge < -0.3 is 43.8 Å². The van der Waals surface area contributed by atoms with Crippen molar-refractivity contribution >= 4 is 29.3 Å². The quantitative estimate of drug-likeness (QED) is 0.123. The lowest BCUT2D eigenvalue weighted by Gasteiger charge is -2.19. The average molecular weight is 772 g/mol. The van der Waals surface area contributed by atoms with Crippen LogP contribution < -0.4 is 15.4 Å². The summed E-state index contributed by atoms with van der Waals surface area (Å²) in [6.45, 7) is 14.8. The van der Waals surface area contributed by atoms with Crippen LogP contribution in [0.15, 0.2) is 53.7 Å². The van der Waals surface area contributed by atoms with Crippen molar-refractivity contribution < 1.29 is 42.7 Å². The van der Waals surface area contributed by atoms with Gasteiger partial charge in [-0.3, -0.25) is 14.4 Å². The number of hydrogen-bond donors (Lipinski definition) is 2. The van der Waals surface area contributed by atoms with Gasteiger partial charge >= 0.3 is 6.09 Å². The third kappa shape index (κ3) is 14.3. The molecule has 1 aromatic heterocycles. The zero-order chi connectivity index (χ0) is 38.8. The van der Waals surface area contributed by atoms with Crippen molar-refractivity contribution in [3.05, 3.63) is 76.3 Å². The number of carbonyl (C=O) groups is 2. The second kappa shape index (κ2) is 22.4. The monoisotopic (exact) mass is 771 g/mol.